The smallest absolute Gasteiger partial charge is 0.237 e. The van der Waals surface area contributed by atoms with E-state index >= 15 is 0 Å². The molecule has 1 aliphatic rings. The SMILES string of the molecule is C=C(C)CN(CC)C(=O)CN(C)[C@@H]1CCc2ccccc21. The molecule has 0 bridgehead atoms. The predicted octanol–water partition coefficient (Wildman–Crippen LogP) is 3.03. The third kappa shape index (κ3) is 3.73. The molecule has 1 aromatic rings. The van der Waals surface area contributed by atoms with Crippen molar-refractivity contribution >= 4 is 5.91 Å². The summed E-state index contributed by atoms with van der Waals surface area (Å²) in [6, 6.07) is 8.95. The van der Waals surface area contributed by atoms with Crippen molar-refractivity contribution in [3.05, 3.63) is 47.5 Å². The minimum absolute atomic E-state index is 0.187. The van der Waals surface area contributed by atoms with Gasteiger partial charge < -0.3 is 4.90 Å². The van der Waals surface area contributed by atoms with E-state index in [1.807, 2.05) is 18.7 Å². The van der Waals surface area contributed by atoms with Crippen LogP contribution in [-0.4, -0.2) is 42.4 Å². The number of carbonyl (C=O) groups is 1. The number of amides is 1. The Hall–Kier alpha value is -1.61. The molecule has 0 heterocycles. The summed E-state index contributed by atoms with van der Waals surface area (Å²) in [4.78, 5) is 16.5. The first-order valence-electron chi connectivity index (χ1n) is 7.73. The minimum atomic E-state index is 0.187. The Labute approximate surface area is 128 Å². The molecule has 1 amide bonds. The number of benzene rings is 1. The lowest BCUT2D eigenvalue weighted by molar-refractivity contribution is -0.132. The Morgan fingerprint density at radius 2 is 2.05 bits per heavy atom. The monoisotopic (exact) mass is 286 g/mol. The highest BCUT2D eigenvalue weighted by Gasteiger charge is 2.27. The normalized spacial score (nSPS) is 16.9. The molecule has 0 fully saturated rings. The molecular formula is C18H26N2O. The zero-order valence-electron chi connectivity index (χ0n) is 13.4. The molecule has 3 heteroatoms. The minimum Gasteiger partial charge on any atom is -0.338 e. The summed E-state index contributed by atoms with van der Waals surface area (Å²) in [5, 5.41) is 0. The van der Waals surface area contributed by atoms with Gasteiger partial charge in [0.15, 0.2) is 0 Å². The summed E-state index contributed by atoms with van der Waals surface area (Å²) in [5.41, 5.74) is 3.84. The van der Waals surface area contributed by atoms with Crippen LogP contribution in [0.15, 0.2) is 36.4 Å². The van der Waals surface area contributed by atoms with Crippen LogP contribution in [0.5, 0.6) is 0 Å². The van der Waals surface area contributed by atoms with Gasteiger partial charge in [-0.25, -0.2) is 0 Å². The Bertz CT molecular complexity index is 524. The lowest BCUT2D eigenvalue weighted by atomic mass is 10.1. The van der Waals surface area contributed by atoms with Crippen LogP contribution in [0.4, 0.5) is 0 Å². The topological polar surface area (TPSA) is 23.6 Å². The number of nitrogens with zero attached hydrogens (tertiary/aromatic N) is 2. The van der Waals surface area contributed by atoms with Crippen LogP contribution < -0.4 is 0 Å². The van der Waals surface area contributed by atoms with Gasteiger partial charge in [-0.1, -0.05) is 36.4 Å². The van der Waals surface area contributed by atoms with Crippen LogP contribution in [0.2, 0.25) is 0 Å². The van der Waals surface area contributed by atoms with Crippen LogP contribution in [0.1, 0.15) is 37.4 Å². The van der Waals surface area contributed by atoms with Crippen LogP contribution in [0, 0.1) is 0 Å². The van der Waals surface area contributed by atoms with E-state index < -0.39 is 0 Å². The molecule has 1 aromatic carbocycles. The number of aryl methyl sites for hydroxylation is 1. The Morgan fingerprint density at radius 3 is 2.71 bits per heavy atom. The summed E-state index contributed by atoms with van der Waals surface area (Å²) in [5.74, 6) is 0.187. The van der Waals surface area contributed by atoms with Crippen molar-refractivity contribution in [1.82, 2.24) is 9.80 Å². The van der Waals surface area contributed by atoms with Gasteiger partial charge in [0.1, 0.15) is 0 Å². The number of likely N-dealkylation sites (N-methyl/N-ethyl adjacent to an activating group) is 2. The zero-order chi connectivity index (χ0) is 15.4. The molecule has 0 spiro atoms. The molecule has 0 saturated carbocycles. The molecule has 0 N–H and O–H groups in total. The standard InChI is InChI=1S/C18H26N2O/c1-5-20(12-14(2)3)18(21)13-19(4)17-11-10-15-8-6-7-9-16(15)17/h6-9,17H,2,5,10-13H2,1,3-4H3/t17-/m1/s1. The molecule has 0 saturated heterocycles. The van der Waals surface area contributed by atoms with E-state index in [0.717, 1.165) is 25.0 Å². The van der Waals surface area contributed by atoms with E-state index in [2.05, 4.69) is 42.8 Å². The quantitative estimate of drug-likeness (QED) is 0.751. The Balaban J connectivity index is 2.00. The van der Waals surface area contributed by atoms with Gasteiger partial charge >= 0.3 is 0 Å². The van der Waals surface area contributed by atoms with Gasteiger partial charge in [0.05, 0.1) is 6.54 Å². The zero-order valence-corrected chi connectivity index (χ0v) is 13.4. The van der Waals surface area contributed by atoms with Gasteiger partial charge in [-0.05, 0) is 44.9 Å². The van der Waals surface area contributed by atoms with Crippen molar-refractivity contribution in [2.24, 2.45) is 0 Å². The van der Waals surface area contributed by atoms with Crippen molar-refractivity contribution in [2.75, 3.05) is 26.7 Å². The van der Waals surface area contributed by atoms with E-state index in [1.54, 1.807) is 0 Å². The van der Waals surface area contributed by atoms with Gasteiger partial charge in [-0.15, -0.1) is 0 Å². The number of carbonyl (C=O) groups excluding carboxylic acids is 1. The molecule has 2 rings (SSSR count). The number of hydrogen-bond donors (Lipinski definition) is 0. The van der Waals surface area contributed by atoms with Crippen molar-refractivity contribution in [3.8, 4) is 0 Å². The van der Waals surface area contributed by atoms with E-state index in [4.69, 9.17) is 0 Å². The number of hydrogen-bond acceptors (Lipinski definition) is 2. The summed E-state index contributed by atoms with van der Waals surface area (Å²) in [6.45, 7) is 9.76. The molecule has 0 aliphatic heterocycles. The lowest BCUT2D eigenvalue weighted by Gasteiger charge is -2.28. The first kappa shape index (κ1) is 15.8. The average molecular weight is 286 g/mol. The third-order valence-electron chi connectivity index (χ3n) is 4.21. The summed E-state index contributed by atoms with van der Waals surface area (Å²) >= 11 is 0. The summed E-state index contributed by atoms with van der Waals surface area (Å²) in [7, 11) is 2.05. The maximum absolute atomic E-state index is 12.4. The molecule has 1 atom stereocenters. The molecule has 3 nitrogen and oxygen atoms in total. The second kappa shape index (κ2) is 6.90. The maximum atomic E-state index is 12.4. The van der Waals surface area contributed by atoms with Gasteiger partial charge in [-0.3, -0.25) is 9.69 Å². The van der Waals surface area contributed by atoms with Crippen molar-refractivity contribution in [1.29, 1.82) is 0 Å². The summed E-state index contributed by atoms with van der Waals surface area (Å²) < 4.78 is 0. The lowest BCUT2D eigenvalue weighted by Crippen LogP contribution is -2.40. The fraction of sp³-hybridized carbons (Fsp3) is 0.500. The highest BCUT2D eigenvalue weighted by molar-refractivity contribution is 5.78. The predicted molar refractivity (Wildman–Crippen MR) is 87.2 cm³/mol. The molecule has 1 aliphatic carbocycles. The largest absolute Gasteiger partial charge is 0.338 e. The van der Waals surface area contributed by atoms with E-state index in [9.17, 15) is 4.79 Å². The molecule has 0 radical (unpaired) electrons. The Morgan fingerprint density at radius 1 is 1.33 bits per heavy atom. The van der Waals surface area contributed by atoms with Crippen LogP contribution >= 0.6 is 0 Å². The van der Waals surface area contributed by atoms with Crippen LogP contribution in [0.25, 0.3) is 0 Å². The van der Waals surface area contributed by atoms with Gasteiger partial charge in [-0.2, -0.15) is 0 Å². The average Bonchev–Trinajstić information content (AvgIpc) is 2.88. The first-order chi connectivity index (χ1) is 10.0. The molecule has 114 valence electrons. The van der Waals surface area contributed by atoms with Crippen molar-refractivity contribution in [2.45, 2.75) is 32.7 Å². The summed E-state index contributed by atoms with van der Waals surface area (Å²) in [6.07, 6.45) is 2.22. The highest BCUT2D eigenvalue weighted by Crippen LogP contribution is 2.34. The second-order valence-corrected chi connectivity index (χ2v) is 6.03. The Kier molecular flexibility index (Phi) is 5.18. The molecule has 0 aromatic heterocycles. The van der Waals surface area contributed by atoms with Gasteiger partial charge in [0.25, 0.3) is 0 Å². The molecule has 0 unspecified atom stereocenters. The maximum Gasteiger partial charge on any atom is 0.237 e. The van der Waals surface area contributed by atoms with Crippen LogP contribution in [-0.2, 0) is 11.2 Å². The highest BCUT2D eigenvalue weighted by atomic mass is 16.2. The fourth-order valence-corrected chi connectivity index (χ4v) is 3.12. The van der Waals surface area contributed by atoms with Crippen LogP contribution in [0.3, 0.4) is 0 Å². The van der Waals surface area contributed by atoms with E-state index in [-0.39, 0.29) is 5.91 Å². The molecule has 21 heavy (non-hydrogen) atoms. The van der Waals surface area contributed by atoms with E-state index in [1.165, 1.54) is 11.1 Å². The van der Waals surface area contributed by atoms with Gasteiger partial charge in [0, 0.05) is 19.1 Å². The van der Waals surface area contributed by atoms with Crippen molar-refractivity contribution in [3.63, 3.8) is 0 Å². The molecular weight excluding hydrogens is 260 g/mol. The second-order valence-electron chi connectivity index (χ2n) is 6.03. The first-order valence-corrected chi connectivity index (χ1v) is 7.73. The third-order valence-corrected chi connectivity index (χ3v) is 4.21. The van der Waals surface area contributed by atoms with Gasteiger partial charge in [0.2, 0.25) is 5.91 Å². The number of fused-ring (bicyclic) bond motifs is 1. The van der Waals surface area contributed by atoms with Crippen molar-refractivity contribution < 1.29 is 4.79 Å². The number of rotatable bonds is 6. The fourth-order valence-electron chi connectivity index (χ4n) is 3.12. The van der Waals surface area contributed by atoms with E-state index in [0.29, 0.717) is 19.1 Å².